The summed E-state index contributed by atoms with van der Waals surface area (Å²) in [5.74, 6) is 5.86. The highest BCUT2D eigenvalue weighted by Gasteiger charge is 2.58. The number of unbranched alkanes of at least 4 members (excludes halogenated alkanes) is 16. The van der Waals surface area contributed by atoms with Crippen molar-refractivity contribution in [1.82, 2.24) is 0 Å². The molecule has 0 bridgehead atoms. The maximum absolute atomic E-state index is 2.77. The molecule has 0 spiro atoms. The first kappa shape index (κ1) is 33.6. The van der Waals surface area contributed by atoms with E-state index < -0.39 is 0 Å². The summed E-state index contributed by atoms with van der Waals surface area (Å²) >= 11 is 0. The van der Waals surface area contributed by atoms with Gasteiger partial charge in [0.15, 0.2) is 0 Å². The Labute approximate surface area is 259 Å². The normalized spacial score (nSPS) is 35.4. The fourth-order valence-electron chi connectivity index (χ4n) is 11.2. The lowest BCUT2D eigenvalue weighted by Crippen LogP contribution is -2.50. The Hall–Kier alpha value is -0.260. The third kappa shape index (κ3) is 8.68. The zero-order valence-corrected chi connectivity index (χ0v) is 28.9. The summed E-state index contributed by atoms with van der Waals surface area (Å²) in [6.07, 6.45) is 41.3. The quantitative estimate of drug-likeness (QED) is 0.108. The summed E-state index contributed by atoms with van der Waals surface area (Å²) < 4.78 is 0. The minimum absolute atomic E-state index is 0.549. The minimum atomic E-state index is 0.549. The molecule has 0 heteroatoms. The SMILES string of the molecule is CCCCCCCCCCCCCCCCCCCC(C)C1CCC2C3CC=C4CC(C)CCC4(C)C3CCC12C. The molecule has 3 saturated carbocycles. The molecule has 4 rings (SSSR count). The molecule has 0 aromatic carbocycles. The lowest BCUT2D eigenvalue weighted by Gasteiger charge is -2.58. The average molecular weight is 567 g/mol. The van der Waals surface area contributed by atoms with Crippen LogP contribution >= 0.6 is 0 Å². The molecular weight excluding hydrogens is 492 g/mol. The third-order valence-electron chi connectivity index (χ3n) is 13.9. The maximum Gasteiger partial charge on any atom is -0.00851 e. The summed E-state index contributed by atoms with van der Waals surface area (Å²) in [4.78, 5) is 0. The monoisotopic (exact) mass is 567 g/mol. The van der Waals surface area contributed by atoms with Gasteiger partial charge in [-0.3, -0.25) is 0 Å². The lowest BCUT2D eigenvalue weighted by molar-refractivity contribution is -0.0522. The molecule has 3 fully saturated rings. The van der Waals surface area contributed by atoms with Crippen LogP contribution in [0.3, 0.4) is 0 Å². The number of hydrogen-bond acceptors (Lipinski definition) is 0. The highest BCUT2D eigenvalue weighted by Crippen LogP contribution is 2.67. The van der Waals surface area contributed by atoms with Crippen LogP contribution in [0, 0.1) is 46.3 Å². The van der Waals surface area contributed by atoms with E-state index in [1.54, 1.807) is 6.42 Å². The van der Waals surface area contributed by atoms with E-state index >= 15 is 0 Å². The maximum atomic E-state index is 2.77. The molecule has 0 radical (unpaired) electrons. The molecule has 0 nitrogen and oxygen atoms in total. The van der Waals surface area contributed by atoms with Gasteiger partial charge in [-0.2, -0.15) is 0 Å². The highest BCUT2D eigenvalue weighted by atomic mass is 14.6. The third-order valence-corrected chi connectivity index (χ3v) is 13.9. The molecule has 8 atom stereocenters. The van der Waals surface area contributed by atoms with Crippen molar-refractivity contribution in [2.75, 3.05) is 0 Å². The van der Waals surface area contributed by atoms with Crippen LogP contribution in [0.25, 0.3) is 0 Å². The zero-order chi connectivity index (χ0) is 29.1. The molecule has 41 heavy (non-hydrogen) atoms. The summed E-state index contributed by atoms with van der Waals surface area (Å²) in [5.41, 5.74) is 3.06. The van der Waals surface area contributed by atoms with Crippen molar-refractivity contribution < 1.29 is 0 Å². The van der Waals surface area contributed by atoms with Gasteiger partial charge in [-0.1, -0.05) is 162 Å². The van der Waals surface area contributed by atoms with Gasteiger partial charge < -0.3 is 0 Å². The van der Waals surface area contributed by atoms with E-state index in [-0.39, 0.29) is 0 Å². The fraction of sp³-hybridized carbons (Fsp3) is 0.951. The molecule has 8 unspecified atom stereocenters. The van der Waals surface area contributed by atoms with Crippen molar-refractivity contribution in [1.29, 1.82) is 0 Å². The Kier molecular flexibility index (Phi) is 13.7. The molecule has 0 aliphatic heterocycles. The predicted molar refractivity (Wildman–Crippen MR) is 182 cm³/mol. The van der Waals surface area contributed by atoms with Gasteiger partial charge in [0, 0.05) is 0 Å². The van der Waals surface area contributed by atoms with Crippen molar-refractivity contribution in [2.24, 2.45) is 46.3 Å². The van der Waals surface area contributed by atoms with E-state index in [1.807, 2.05) is 5.57 Å². The first-order valence-corrected chi connectivity index (χ1v) is 19.6. The van der Waals surface area contributed by atoms with E-state index in [2.05, 4.69) is 40.7 Å². The smallest absolute Gasteiger partial charge is 0.00851 e. The Morgan fingerprint density at radius 2 is 1.24 bits per heavy atom. The molecule has 4 aliphatic rings. The van der Waals surface area contributed by atoms with E-state index in [4.69, 9.17) is 0 Å². The van der Waals surface area contributed by atoms with E-state index in [0.717, 1.165) is 35.5 Å². The van der Waals surface area contributed by atoms with Gasteiger partial charge in [0.2, 0.25) is 0 Å². The molecule has 0 heterocycles. The van der Waals surface area contributed by atoms with Crippen LogP contribution in [-0.4, -0.2) is 0 Å². The van der Waals surface area contributed by atoms with Crippen LogP contribution in [0.1, 0.15) is 202 Å². The number of allylic oxidation sites excluding steroid dienone is 2. The van der Waals surface area contributed by atoms with Gasteiger partial charge in [-0.05, 0) is 97.7 Å². The topological polar surface area (TPSA) is 0 Å². The van der Waals surface area contributed by atoms with E-state index in [9.17, 15) is 0 Å². The summed E-state index contributed by atoms with van der Waals surface area (Å²) in [6.45, 7) is 12.9. The van der Waals surface area contributed by atoms with Crippen molar-refractivity contribution in [2.45, 2.75) is 202 Å². The van der Waals surface area contributed by atoms with Crippen LogP contribution in [0.2, 0.25) is 0 Å². The second-order valence-electron chi connectivity index (χ2n) is 16.8. The lowest BCUT2D eigenvalue weighted by atomic mass is 9.46. The highest BCUT2D eigenvalue weighted by molar-refractivity contribution is 5.25. The zero-order valence-electron chi connectivity index (χ0n) is 28.9. The van der Waals surface area contributed by atoms with Crippen molar-refractivity contribution >= 4 is 0 Å². The van der Waals surface area contributed by atoms with Crippen molar-refractivity contribution in [3.05, 3.63) is 11.6 Å². The van der Waals surface area contributed by atoms with E-state index in [1.165, 1.54) is 161 Å². The van der Waals surface area contributed by atoms with Crippen LogP contribution in [0.5, 0.6) is 0 Å². The fourth-order valence-corrected chi connectivity index (χ4v) is 11.2. The van der Waals surface area contributed by atoms with Crippen molar-refractivity contribution in [3.8, 4) is 0 Å². The van der Waals surface area contributed by atoms with Gasteiger partial charge in [0.1, 0.15) is 0 Å². The second kappa shape index (κ2) is 16.7. The Morgan fingerprint density at radius 3 is 1.83 bits per heavy atom. The number of fused-ring (bicyclic) bond motifs is 5. The van der Waals surface area contributed by atoms with Crippen molar-refractivity contribution in [3.63, 3.8) is 0 Å². The average Bonchev–Trinajstić information content (AvgIpc) is 3.32. The molecule has 0 aromatic heterocycles. The Bertz CT molecular complexity index is 762. The van der Waals surface area contributed by atoms with Crippen LogP contribution in [0.4, 0.5) is 0 Å². The predicted octanol–water partition coefficient (Wildman–Crippen LogP) is 13.9. The van der Waals surface area contributed by atoms with Crippen LogP contribution in [-0.2, 0) is 0 Å². The second-order valence-corrected chi connectivity index (χ2v) is 16.8. The molecule has 0 saturated heterocycles. The summed E-state index contributed by atoms with van der Waals surface area (Å²) in [5, 5.41) is 0. The Balaban J connectivity index is 1.05. The summed E-state index contributed by atoms with van der Waals surface area (Å²) in [7, 11) is 0. The largest absolute Gasteiger partial charge is 0.0845 e. The minimum Gasteiger partial charge on any atom is -0.0845 e. The molecule has 4 aliphatic carbocycles. The molecule has 238 valence electrons. The Morgan fingerprint density at radius 1 is 0.683 bits per heavy atom. The van der Waals surface area contributed by atoms with Gasteiger partial charge in [0.25, 0.3) is 0 Å². The van der Waals surface area contributed by atoms with Gasteiger partial charge >= 0.3 is 0 Å². The van der Waals surface area contributed by atoms with Crippen LogP contribution < -0.4 is 0 Å². The van der Waals surface area contributed by atoms with Gasteiger partial charge in [-0.15, -0.1) is 0 Å². The molecule has 0 N–H and O–H groups in total. The molecule has 0 aromatic rings. The first-order chi connectivity index (χ1) is 19.9. The van der Waals surface area contributed by atoms with Gasteiger partial charge in [-0.25, -0.2) is 0 Å². The molecular formula is C41H74. The van der Waals surface area contributed by atoms with Crippen LogP contribution in [0.15, 0.2) is 11.6 Å². The number of hydrogen-bond donors (Lipinski definition) is 0. The summed E-state index contributed by atoms with van der Waals surface area (Å²) in [6, 6.07) is 0. The van der Waals surface area contributed by atoms with E-state index in [0.29, 0.717) is 10.8 Å². The standard InChI is InChI=1S/C41H74/c1-6-7-8-9-10-11-12-13-14-15-16-17-18-19-20-21-22-23-34(3)37-26-27-38-36-25-24-35-32-33(2)28-30-40(35,4)39(36)29-31-41(37,38)5/h24,33-34,36-39H,6-23,25-32H2,1-5H3. The molecule has 0 amide bonds. The first-order valence-electron chi connectivity index (χ1n) is 19.6. The number of rotatable bonds is 19. The van der Waals surface area contributed by atoms with Gasteiger partial charge in [0.05, 0.1) is 0 Å².